The van der Waals surface area contributed by atoms with Crippen molar-refractivity contribution in [3.05, 3.63) is 11.6 Å². The van der Waals surface area contributed by atoms with Gasteiger partial charge in [-0.15, -0.1) is 6.42 Å². The Hall–Kier alpha value is -2.94. The molecule has 0 aliphatic rings. The zero-order chi connectivity index (χ0) is 28.5. The fourth-order valence-electron chi connectivity index (χ4n) is 3.97. The number of halogens is 1. The number of carbonyl (C=O) groups excluding carboxylic acids is 2. The summed E-state index contributed by atoms with van der Waals surface area (Å²) >= 11 is 6.05. The highest BCUT2D eigenvalue weighted by Crippen LogP contribution is 2.23. The number of nitrogens with zero attached hydrogens (tertiary/aromatic N) is 4. The smallest absolute Gasteiger partial charge is 0.412 e. The molecule has 2 aromatic rings. The van der Waals surface area contributed by atoms with Crippen LogP contribution in [0.15, 0.2) is 6.33 Å². The van der Waals surface area contributed by atoms with Gasteiger partial charge in [0.05, 0.1) is 12.9 Å². The number of ether oxygens (including phenoxy) is 3. The summed E-state index contributed by atoms with van der Waals surface area (Å²) in [6.45, 7) is 2.02. The Kier molecular flexibility index (Phi) is 14.6. The number of carbonyl (C=O) groups is 2. The molecule has 39 heavy (non-hydrogen) atoms. The molecule has 12 heteroatoms. The summed E-state index contributed by atoms with van der Waals surface area (Å²) in [6, 6.07) is 0. The van der Waals surface area contributed by atoms with Crippen LogP contribution in [0, 0.1) is 12.3 Å². The highest BCUT2D eigenvalue weighted by atomic mass is 35.5. The van der Waals surface area contributed by atoms with E-state index in [1.165, 1.54) is 52.0 Å². The number of aromatic nitrogens is 4. The Bertz CT molecular complexity index is 1080. The van der Waals surface area contributed by atoms with Crippen molar-refractivity contribution in [1.82, 2.24) is 19.5 Å². The number of nitrogens with one attached hydrogen (secondary N) is 1. The number of unbranched alkanes of at least 4 members (excludes halogenated alkanes) is 8. The monoisotopic (exact) mass is 565 g/mol. The lowest BCUT2D eigenvalue weighted by Crippen LogP contribution is -2.35. The van der Waals surface area contributed by atoms with Gasteiger partial charge >= 0.3 is 12.1 Å². The highest BCUT2D eigenvalue weighted by molar-refractivity contribution is 6.28. The molecule has 0 saturated carbocycles. The van der Waals surface area contributed by atoms with Crippen LogP contribution in [0.3, 0.4) is 0 Å². The van der Waals surface area contributed by atoms with Gasteiger partial charge in [0.1, 0.15) is 13.2 Å². The van der Waals surface area contributed by atoms with E-state index in [9.17, 15) is 14.7 Å². The number of terminal acetylenes is 1. The molecule has 0 aliphatic heterocycles. The fraction of sp³-hybridized carbons (Fsp3) is 0.667. The van der Waals surface area contributed by atoms with Gasteiger partial charge in [0, 0.05) is 26.5 Å². The number of esters is 1. The average Bonchev–Trinajstić information content (AvgIpc) is 3.34. The first-order chi connectivity index (χ1) is 18.9. The van der Waals surface area contributed by atoms with Crippen molar-refractivity contribution in [1.29, 1.82) is 0 Å². The number of aliphatic hydroxyl groups is 1. The van der Waals surface area contributed by atoms with Crippen molar-refractivity contribution in [2.24, 2.45) is 0 Å². The molecule has 0 aromatic carbocycles. The maximum Gasteiger partial charge on any atom is 0.412 e. The number of amides is 1. The maximum absolute atomic E-state index is 12.3. The predicted octanol–water partition coefficient (Wildman–Crippen LogP) is 4.89. The lowest BCUT2D eigenvalue weighted by Gasteiger charge is -2.24. The first-order valence-electron chi connectivity index (χ1n) is 13.5. The number of aliphatic hydroxyl groups excluding tert-OH is 1. The summed E-state index contributed by atoms with van der Waals surface area (Å²) in [6.07, 6.45) is 17.4. The number of hydrogen-bond acceptors (Lipinski definition) is 9. The third-order valence-electron chi connectivity index (χ3n) is 6.39. The minimum absolute atomic E-state index is 0.0421. The number of anilines is 1. The Balaban J connectivity index is 1.73. The van der Waals surface area contributed by atoms with E-state index in [0.717, 1.165) is 19.3 Å². The molecule has 1 amide bonds. The lowest BCUT2D eigenvalue weighted by molar-refractivity contribution is -0.144. The second-order valence-corrected chi connectivity index (χ2v) is 9.60. The molecule has 2 N–H and O–H groups in total. The predicted molar refractivity (Wildman–Crippen MR) is 148 cm³/mol. The quantitative estimate of drug-likeness (QED) is 0.105. The van der Waals surface area contributed by atoms with E-state index in [-0.39, 0.29) is 48.8 Å². The van der Waals surface area contributed by atoms with Crippen molar-refractivity contribution in [3.8, 4) is 12.3 Å². The van der Waals surface area contributed by atoms with E-state index in [4.69, 9.17) is 32.2 Å². The number of methoxy groups -OCH3 is 1. The lowest BCUT2D eigenvalue weighted by atomic mass is 10.0. The summed E-state index contributed by atoms with van der Waals surface area (Å²) in [5.41, 5.74) is -0.498. The number of fused-ring (bicyclic) bond motifs is 1. The molecular formula is C27H40ClN5O6. The number of rotatable bonds is 19. The molecule has 0 fully saturated rings. The molecule has 0 aliphatic carbocycles. The summed E-state index contributed by atoms with van der Waals surface area (Å²) in [5, 5.41) is 12.0. The molecule has 2 heterocycles. The van der Waals surface area contributed by atoms with Crippen LogP contribution >= 0.6 is 11.6 Å². The third kappa shape index (κ3) is 11.0. The van der Waals surface area contributed by atoms with Crippen molar-refractivity contribution in [2.45, 2.75) is 89.7 Å². The van der Waals surface area contributed by atoms with Gasteiger partial charge in [-0.25, -0.2) is 9.78 Å². The van der Waals surface area contributed by atoms with Gasteiger partial charge in [-0.05, 0) is 18.0 Å². The van der Waals surface area contributed by atoms with Gasteiger partial charge in [-0.3, -0.25) is 10.1 Å². The zero-order valence-electron chi connectivity index (χ0n) is 22.9. The number of aryl methyl sites for hydroxylation is 1. The van der Waals surface area contributed by atoms with Crippen molar-refractivity contribution in [3.63, 3.8) is 0 Å². The normalized spacial score (nSPS) is 12.6. The van der Waals surface area contributed by atoms with Crippen LogP contribution in [0.25, 0.3) is 11.2 Å². The van der Waals surface area contributed by atoms with E-state index < -0.39 is 11.7 Å². The van der Waals surface area contributed by atoms with Gasteiger partial charge in [-0.1, -0.05) is 64.2 Å². The molecule has 2 aromatic heterocycles. The SMILES string of the molecule is C#CC(CO)(CCn1cnc2c(NC(=O)OCCOC(=O)CCCCCCCCCCC)nc(Cl)nc21)OC. The van der Waals surface area contributed by atoms with Crippen LogP contribution < -0.4 is 5.32 Å². The summed E-state index contributed by atoms with van der Waals surface area (Å²) in [7, 11) is 1.42. The number of imidazole rings is 1. The van der Waals surface area contributed by atoms with E-state index in [2.05, 4.69) is 33.1 Å². The molecule has 1 atom stereocenters. The first kappa shape index (κ1) is 32.3. The highest BCUT2D eigenvalue weighted by Gasteiger charge is 2.26. The topological polar surface area (TPSA) is 138 Å². The van der Waals surface area contributed by atoms with Crippen LogP contribution in [0.1, 0.15) is 77.6 Å². The van der Waals surface area contributed by atoms with Crippen molar-refractivity contribution < 1.29 is 28.9 Å². The van der Waals surface area contributed by atoms with Crippen molar-refractivity contribution in [2.75, 3.05) is 32.2 Å². The van der Waals surface area contributed by atoms with Gasteiger partial charge < -0.3 is 23.9 Å². The molecule has 0 saturated heterocycles. The van der Waals surface area contributed by atoms with E-state index in [1.807, 2.05) is 0 Å². The van der Waals surface area contributed by atoms with Crippen LogP contribution in [0.5, 0.6) is 0 Å². The average molecular weight is 566 g/mol. The minimum Gasteiger partial charge on any atom is -0.462 e. The fourth-order valence-corrected chi connectivity index (χ4v) is 4.13. The Morgan fingerprint density at radius 3 is 2.41 bits per heavy atom. The Labute approximate surface area is 235 Å². The van der Waals surface area contributed by atoms with Crippen LogP contribution in [-0.4, -0.2) is 69.2 Å². The van der Waals surface area contributed by atoms with E-state index >= 15 is 0 Å². The van der Waals surface area contributed by atoms with Crippen LogP contribution in [0.4, 0.5) is 10.6 Å². The molecule has 1 unspecified atom stereocenters. The minimum atomic E-state index is -1.14. The van der Waals surface area contributed by atoms with Gasteiger partial charge in [0.15, 0.2) is 22.6 Å². The Morgan fingerprint density at radius 2 is 1.77 bits per heavy atom. The molecular weight excluding hydrogens is 526 g/mol. The number of hydrogen-bond donors (Lipinski definition) is 2. The molecule has 0 radical (unpaired) electrons. The largest absolute Gasteiger partial charge is 0.462 e. The molecule has 0 spiro atoms. The molecule has 2 rings (SSSR count). The summed E-state index contributed by atoms with van der Waals surface area (Å²) < 4.78 is 17.2. The van der Waals surface area contributed by atoms with Crippen LogP contribution in [-0.2, 0) is 25.5 Å². The van der Waals surface area contributed by atoms with Gasteiger partial charge in [0.2, 0.25) is 5.28 Å². The van der Waals surface area contributed by atoms with E-state index in [0.29, 0.717) is 18.6 Å². The standard InChI is InChI=1S/C27H40ClN5O6/c1-4-6-7-8-9-10-11-12-13-14-21(35)38-17-18-39-26(36)31-23-22-24(32-25(28)30-23)33(20-29-22)16-15-27(5-2,19-34)37-3/h2,20,34H,4,6-19H2,1,3H3,(H,30,31,32,36). The first-order valence-corrected chi connectivity index (χ1v) is 13.9. The van der Waals surface area contributed by atoms with Crippen molar-refractivity contribution >= 4 is 40.6 Å². The van der Waals surface area contributed by atoms with Gasteiger partial charge in [0.25, 0.3) is 0 Å². The zero-order valence-corrected chi connectivity index (χ0v) is 23.7. The molecule has 11 nitrogen and oxygen atoms in total. The summed E-state index contributed by atoms with van der Waals surface area (Å²) in [4.78, 5) is 36.6. The second kappa shape index (κ2) is 17.6. The van der Waals surface area contributed by atoms with Gasteiger partial charge in [-0.2, -0.15) is 9.97 Å². The Morgan fingerprint density at radius 1 is 1.10 bits per heavy atom. The van der Waals surface area contributed by atoms with E-state index in [1.54, 1.807) is 4.57 Å². The van der Waals surface area contributed by atoms with Crippen LogP contribution in [0.2, 0.25) is 5.28 Å². The second-order valence-electron chi connectivity index (χ2n) is 9.26. The molecule has 216 valence electrons. The molecule has 0 bridgehead atoms. The maximum atomic E-state index is 12.3. The summed E-state index contributed by atoms with van der Waals surface area (Å²) in [5.74, 6) is 2.22. The third-order valence-corrected chi connectivity index (χ3v) is 6.56.